The van der Waals surface area contributed by atoms with E-state index in [1.165, 1.54) is 12.8 Å². The Labute approximate surface area is 116 Å². The standard InChI is InChI=1S/C15H25N2OP/c1-15(2,3)19(18,14-8-10-16-11-9-14)17-12-6-4-5-7-13-17/h8-11H,4-7,12-13H2,1-3H3/t19-/m1/s1. The van der Waals surface area contributed by atoms with Crippen molar-refractivity contribution in [3.63, 3.8) is 0 Å². The van der Waals surface area contributed by atoms with E-state index in [0.717, 1.165) is 31.2 Å². The Morgan fingerprint density at radius 1 is 1.05 bits per heavy atom. The van der Waals surface area contributed by atoms with Crippen LogP contribution in [0.3, 0.4) is 0 Å². The predicted molar refractivity (Wildman–Crippen MR) is 81.3 cm³/mol. The summed E-state index contributed by atoms with van der Waals surface area (Å²) in [6.07, 6.45) is 8.35. The van der Waals surface area contributed by atoms with Crippen LogP contribution in [0.15, 0.2) is 24.5 Å². The number of nitrogens with zero attached hydrogens (tertiary/aromatic N) is 2. The van der Waals surface area contributed by atoms with Gasteiger partial charge in [0.25, 0.3) is 0 Å². The Bertz CT molecular complexity index is 445. The molecule has 3 nitrogen and oxygen atoms in total. The summed E-state index contributed by atoms with van der Waals surface area (Å²) in [5, 5.41) is 0.718. The highest BCUT2D eigenvalue weighted by molar-refractivity contribution is 7.70. The number of pyridine rings is 1. The van der Waals surface area contributed by atoms with Crippen LogP contribution in [-0.4, -0.2) is 27.9 Å². The zero-order valence-corrected chi connectivity index (χ0v) is 13.2. The van der Waals surface area contributed by atoms with E-state index in [4.69, 9.17) is 0 Å². The molecule has 0 bridgehead atoms. The molecule has 106 valence electrons. The van der Waals surface area contributed by atoms with E-state index in [-0.39, 0.29) is 5.16 Å². The lowest BCUT2D eigenvalue weighted by molar-refractivity contribution is 0.410. The van der Waals surface area contributed by atoms with E-state index in [0.29, 0.717) is 0 Å². The second-order valence-electron chi connectivity index (χ2n) is 6.32. The SMILES string of the molecule is CC(C)(C)[P@](=O)(c1ccncc1)N1CCCCCC1. The summed E-state index contributed by atoms with van der Waals surface area (Å²) in [6, 6.07) is 3.85. The van der Waals surface area contributed by atoms with Crippen molar-refractivity contribution in [2.75, 3.05) is 13.1 Å². The van der Waals surface area contributed by atoms with Gasteiger partial charge in [-0.1, -0.05) is 33.6 Å². The van der Waals surface area contributed by atoms with Gasteiger partial charge in [-0.3, -0.25) is 4.98 Å². The van der Waals surface area contributed by atoms with Crippen LogP contribution in [0.1, 0.15) is 46.5 Å². The summed E-state index contributed by atoms with van der Waals surface area (Å²) >= 11 is 0. The van der Waals surface area contributed by atoms with Gasteiger partial charge in [-0.15, -0.1) is 0 Å². The zero-order valence-electron chi connectivity index (χ0n) is 12.3. The summed E-state index contributed by atoms with van der Waals surface area (Å²) in [6.45, 7) is 8.20. The molecular weight excluding hydrogens is 255 g/mol. The quantitative estimate of drug-likeness (QED) is 0.775. The summed E-state index contributed by atoms with van der Waals surface area (Å²) < 4.78 is 16.1. The minimum atomic E-state index is -2.57. The Kier molecular flexibility index (Phi) is 4.47. The zero-order chi connectivity index (χ0) is 13.9. The molecule has 0 saturated carbocycles. The topological polar surface area (TPSA) is 33.2 Å². The lowest BCUT2D eigenvalue weighted by atomic mass is 10.2. The molecule has 0 amide bonds. The Balaban J connectivity index is 2.43. The summed E-state index contributed by atoms with van der Waals surface area (Å²) in [4.78, 5) is 4.06. The number of rotatable bonds is 2. The van der Waals surface area contributed by atoms with Crippen LogP contribution >= 0.6 is 7.29 Å². The van der Waals surface area contributed by atoms with Gasteiger partial charge in [0, 0.05) is 35.9 Å². The summed E-state index contributed by atoms with van der Waals surface area (Å²) in [7, 11) is -2.57. The number of aromatic nitrogens is 1. The van der Waals surface area contributed by atoms with Crippen molar-refractivity contribution < 1.29 is 4.57 Å². The van der Waals surface area contributed by atoms with Gasteiger partial charge < -0.3 is 4.57 Å². The van der Waals surface area contributed by atoms with Gasteiger partial charge in [-0.25, -0.2) is 4.67 Å². The van der Waals surface area contributed by atoms with Crippen LogP contribution in [-0.2, 0) is 4.57 Å². The van der Waals surface area contributed by atoms with Crippen molar-refractivity contribution in [1.29, 1.82) is 0 Å². The first-order valence-electron chi connectivity index (χ1n) is 7.22. The van der Waals surface area contributed by atoms with Gasteiger partial charge in [0.1, 0.15) is 0 Å². The lowest BCUT2D eigenvalue weighted by Gasteiger charge is -2.40. The molecule has 1 aromatic heterocycles. The molecule has 1 aliphatic heterocycles. The minimum absolute atomic E-state index is 0.237. The molecule has 0 unspecified atom stereocenters. The summed E-state index contributed by atoms with van der Waals surface area (Å²) in [5.41, 5.74) is 0. The van der Waals surface area contributed by atoms with Gasteiger partial charge in [0.15, 0.2) is 7.29 Å². The molecule has 1 aliphatic rings. The van der Waals surface area contributed by atoms with Crippen molar-refractivity contribution in [3.8, 4) is 0 Å². The molecule has 0 radical (unpaired) electrons. The van der Waals surface area contributed by atoms with Crippen LogP contribution in [0.5, 0.6) is 0 Å². The average molecular weight is 280 g/mol. The normalized spacial score (nSPS) is 21.6. The predicted octanol–water partition coefficient (Wildman–Crippen LogP) is 3.66. The van der Waals surface area contributed by atoms with Crippen LogP contribution in [0.25, 0.3) is 0 Å². The average Bonchev–Trinajstić information content (AvgIpc) is 2.66. The number of hydrogen-bond acceptors (Lipinski definition) is 2. The van der Waals surface area contributed by atoms with Crippen molar-refractivity contribution in [2.45, 2.75) is 51.6 Å². The molecule has 2 heterocycles. The maximum atomic E-state index is 13.8. The van der Waals surface area contributed by atoms with E-state index in [1.807, 2.05) is 12.1 Å². The smallest absolute Gasteiger partial charge is 0.183 e. The first kappa shape index (κ1) is 14.7. The third-order valence-corrected chi connectivity index (χ3v) is 7.92. The molecule has 0 aliphatic carbocycles. The minimum Gasteiger partial charge on any atom is -0.301 e. The molecule has 0 N–H and O–H groups in total. The first-order valence-corrected chi connectivity index (χ1v) is 8.88. The van der Waals surface area contributed by atoms with Crippen molar-refractivity contribution in [1.82, 2.24) is 9.65 Å². The highest BCUT2D eigenvalue weighted by Gasteiger charge is 2.43. The maximum Gasteiger partial charge on any atom is 0.183 e. The third kappa shape index (κ3) is 2.93. The van der Waals surface area contributed by atoms with Crippen LogP contribution in [0, 0.1) is 0 Å². The molecule has 1 atom stereocenters. The van der Waals surface area contributed by atoms with Crippen LogP contribution in [0.2, 0.25) is 0 Å². The fourth-order valence-corrected chi connectivity index (χ4v) is 6.19. The van der Waals surface area contributed by atoms with E-state index >= 15 is 0 Å². The van der Waals surface area contributed by atoms with Gasteiger partial charge >= 0.3 is 0 Å². The van der Waals surface area contributed by atoms with Gasteiger partial charge in [-0.2, -0.15) is 0 Å². The third-order valence-electron chi connectivity index (χ3n) is 3.90. The fourth-order valence-electron chi connectivity index (χ4n) is 2.86. The van der Waals surface area contributed by atoms with Crippen molar-refractivity contribution in [3.05, 3.63) is 24.5 Å². The summed E-state index contributed by atoms with van der Waals surface area (Å²) in [5.74, 6) is 0. The van der Waals surface area contributed by atoms with Gasteiger partial charge in [0.05, 0.1) is 0 Å². The van der Waals surface area contributed by atoms with E-state index in [9.17, 15) is 4.57 Å². The second-order valence-corrected chi connectivity index (χ2v) is 9.90. The van der Waals surface area contributed by atoms with Crippen LogP contribution in [0.4, 0.5) is 0 Å². The first-order chi connectivity index (χ1) is 8.96. The van der Waals surface area contributed by atoms with Crippen molar-refractivity contribution >= 4 is 12.6 Å². The molecule has 1 saturated heterocycles. The van der Waals surface area contributed by atoms with Crippen LogP contribution < -0.4 is 5.30 Å². The van der Waals surface area contributed by atoms with Gasteiger partial charge in [0.2, 0.25) is 0 Å². The van der Waals surface area contributed by atoms with E-state index in [1.54, 1.807) is 12.4 Å². The highest BCUT2D eigenvalue weighted by atomic mass is 31.2. The Hall–Kier alpha value is -0.660. The van der Waals surface area contributed by atoms with E-state index in [2.05, 4.69) is 30.4 Å². The Morgan fingerprint density at radius 2 is 1.58 bits per heavy atom. The second kappa shape index (κ2) is 5.76. The number of hydrogen-bond donors (Lipinski definition) is 0. The highest BCUT2D eigenvalue weighted by Crippen LogP contribution is 2.59. The van der Waals surface area contributed by atoms with Gasteiger partial charge in [-0.05, 0) is 25.0 Å². The molecule has 2 rings (SSSR count). The fraction of sp³-hybridized carbons (Fsp3) is 0.667. The van der Waals surface area contributed by atoms with E-state index < -0.39 is 7.29 Å². The maximum absolute atomic E-state index is 13.8. The molecule has 1 fully saturated rings. The Morgan fingerprint density at radius 3 is 2.05 bits per heavy atom. The molecular formula is C15H25N2OP. The molecule has 0 spiro atoms. The van der Waals surface area contributed by atoms with Crippen molar-refractivity contribution in [2.24, 2.45) is 0 Å². The monoisotopic (exact) mass is 280 g/mol. The molecule has 0 aromatic carbocycles. The molecule has 1 aromatic rings. The largest absolute Gasteiger partial charge is 0.301 e. The lowest BCUT2D eigenvalue weighted by Crippen LogP contribution is -2.36. The molecule has 19 heavy (non-hydrogen) atoms. The molecule has 4 heteroatoms.